The molecule has 8 nitrogen and oxygen atoms in total. The predicted octanol–water partition coefficient (Wildman–Crippen LogP) is 2.30. The zero-order valence-corrected chi connectivity index (χ0v) is 13.3. The van der Waals surface area contributed by atoms with Gasteiger partial charge in [-0.1, -0.05) is 24.3 Å². The van der Waals surface area contributed by atoms with Crippen LogP contribution in [0.2, 0.25) is 0 Å². The zero-order chi connectivity index (χ0) is 18.2. The number of benzene rings is 2. The molecule has 25 heavy (non-hydrogen) atoms. The molecule has 0 spiro atoms. The standard InChI is InChI=1S/C17H14N4O4/c1-12-6-7-13(8-15(12)21(23)24)10-19-20-17(22)11-25-16-5-3-2-4-14(16)9-18/h2-8,10H,11H2,1H3,(H,20,22)/b19-10-. The zero-order valence-electron chi connectivity index (χ0n) is 13.3. The van der Waals surface area contributed by atoms with Gasteiger partial charge in [-0.25, -0.2) is 5.43 Å². The smallest absolute Gasteiger partial charge is 0.277 e. The van der Waals surface area contributed by atoms with Gasteiger partial charge in [-0.2, -0.15) is 10.4 Å². The Labute approximate surface area is 143 Å². The van der Waals surface area contributed by atoms with Gasteiger partial charge in [-0.05, 0) is 19.1 Å². The van der Waals surface area contributed by atoms with Crippen molar-refractivity contribution in [3.05, 3.63) is 69.3 Å². The van der Waals surface area contributed by atoms with E-state index in [1.54, 1.807) is 43.3 Å². The van der Waals surface area contributed by atoms with E-state index >= 15 is 0 Å². The highest BCUT2D eigenvalue weighted by molar-refractivity contribution is 5.83. The molecular formula is C17H14N4O4. The Balaban J connectivity index is 1.92. The quantitative estimate of drug-likeness (QED) is 0.492. The SMILES string of the molecule is Cc1ccc(/C=N\NC(=O)COc2ccccc2C#N)cc1[N+](=O)[O-]. The Morgan fingerprint density at radius 1 is 1.40 bits per heavy atom. The molecule has 1 amide bonds. The molecule has 0 bridgehead atoms. The number of ether oxygens (including phenoxy) is 1. The molecule has 0 aromatic heterocycles. The van der Waals surface area contributed by atoms with Crippen molar-refractivity contribution in [2.24, 2.45) is 5.10 Å². The predicted molar refractivity (Wildman–Crippen MR) is 90.2 cm³/mol. The Morgan fingerprint density at radius 2 is 2.16 bits per heavy atom. The fourth-order valence-electron chi connectivity index (χ4n) is 1.94. The summed E-state index contributed by atoms with van der Waals surface area (Å²) >= 11 is 0. The summed E-state index contributed by atoms with van der Waals surface area (Å²) < 4.78 is 5.26. The molecule has 0 saturated heterocycles. The average Bonchev–Trinajstić information content (AvgIpc) is 2.61. The van der Waals surface area contributed by atoms with Gasteiger partial charge in [0.2, 0.25) is 0 Å². The van der Waals surface area contributed by atoms with Crippen molar-refractivity contribution in [1.29, 1.82) is 5.26 Å². The summed E-state index contributed by atoms with van der Waals surface area (Å²) in [5, 5.41) is 23.5. The number of nitrogens with one attached hydrogen (secondary N) is 1. The average molecular weight is 338 g/mol. The van der Waals surface area contributed by atoms with Gasteiger partial charge < -0.3 is 4.74 Å². The molecule has 2 rings (SSSR count). The van der Waals surface area contributed by atoms with Gasteiger partial charge in [0.1, 0.15) is 11.8 Å². The minimum Gasteiger partial charge on any atom is -0.482 e. The maximum Gasteiger partial charge on any atom is 0.277 e. The fourth-order valence-corrected chi connectivity index (χ4v) is 1.94. The van der Waals surface area contributed by atoms with E-state index in [9.17, 15) is 14.9 Å². The number of nitriles is 1. The first-order chi connectivity index (χ1) is 12.0. The van der Waals surface area contributed by atoms with Gasteiger partial charge in [0.05, 0.1) is 16.7 Å². The lowest BCUT2D eigenvalue weighted by Gasteiger charge is -2.06. The molecule has 126 valence electrons. The van der Waals surface area contributed by atoms with Crippen LogP contribution in [-0.4, -0.2) is 23.7 Å². The van der Waals surface area contributed by atoms with Crippen molar-refractivity contribution in [1.82, 2.24) is 5.43 Å². The first-order valence-corrected chi connectivity index (χ1v) is 7.20. The van der Waals surface area contributed by atoms with Gasteiger partial charge in [-0.15, -0.1) is 0 Å². The topological polar surface area (TPSA) is 118 Å². The maximum atomic E-state index is 11.7. The molecule has 2 aromatic rings. The molecule has 2 aromatic carbocycles. The molecular weight excluding hydrogens is 324 g/mol. The Kier molecular flexibility index (Phi) is 5.79. The summed E-state index contributed by atoms with van der Waals surface area (Å²) in [5.74, 6) is -0.219. The van der Waals surface area contributed by atoms with Gasteiger partial charge in [0.15, 0.2) is 6.61 Å². The van der Waals surface area contributed by atoms with E-state index in [1.165, 1.54) is 12.3 Å². The van der Waals surface area contributed by atoms with Crippen molar-refractivity contribution in [3.63, 3.8) is 0 Å². The number of hydrogen-bond donors (Lipinski definition) is 1. The number of aryl methyl sites for hydroxylation is 1. The monoisotopic (exact) mass is 338 g/mol. The van der Waals surface area contributed by atoms with E-state index in [-0.39, 0.29) is 12.3 Å². The minimum absolute atomic E-state index is 0.0216. The molecule has 0 unspecified atom stereocenters. The van der Waals surface area contributed by atoms with Crippen LogP contribution in [0.5, 0.6) is 5.75 Å². The number of nitro benzene ring substituents is 1. The summed E-state index contributed by atoms with van der Waals surface area (Å²) in [6.45, 7) is 1.32. The Bertz CT molecular complexity index is 871. The second-order valence-electron chi connectivity index (χ2n) is 4.99. The second kappa shape index (κ2) is 8.21. The third-order valence-electron chi connectivity index (χ3n) is 3.20. The highest BCUT2D eigenvalue weighted by Crippen LogP contribution is 2.18. The van der Waals surface area contributed by atoms with Crippen LogP contribution in [-0.2, 0) is 4.79 Å². The number of para-hydroxylation sites is 1. The first kappa shape index (κ1) is 17.6. The molecule has 0 saturated carbocycles. The number of hydrogen-bond acceptors (Lipinski definition) is 6. The number of amides is 1. The Hall–Kier alpha value is -3.73. The third-order valence-corrected chi connectivity index (χ3v) is 3.20. The van der Waals surface area contributed by atoms with E-state index in [4.69, 9.17) is 10.00 Å². The summed E-state index contributed by atoms with van der Waals surface area (Å²) in [7, 11) is 0. The van der Waals surface area contributed by atoms with Gasteiger partial charge in [0, 0.05) is 17.2 Å². The molecule has 0 atom stereocenters. The van der Waals surface area contributed by atoms with Crippen LogP contribution in [0, 0.1) is 28.4 Å². The van der Waals surface area contributed by atoms with Crippen LogP contribution in [0.1, 0.15) is 16.7 Å². The van der Waals surface area contributed by atoms with Crippen molar-refractivity contribution >= 4 is 17.8 Å². The van der Waals surface area contributed by atoms with Crippen LogP contribution in [0.3, 0.4) is 0 Å². The van der Waals surface area contributed by atoms with Gasteiger partial charge >= 0.3 is 0 Å². The van der Waals surface area contributed by atoms with E-state index in [2.05, 4.69) is 10.5 Å². The lowest BCUT2D eigenvalue weighted by atomic mass is 10.1. The highest BCUT2D eigenvalue weighted by Gasteiger charge is 2.10. The normalized spacial score (nSPS) is 10.2. The van der Waals surface area contributed by atoms with Crippen LogP contribution in [0.4, 0.5) is 5.69 Å². The molecule has 0 aliphatic rings. The third kappa shape index (κ3) is 4.87. The molecule has 8 heteroatoms. The van der Waals surface area contributed by atoms with Crippen molar-refractivity contribution in [2.75, 3.05) is 6.61 Å². The number of carbonyl (C=O) groups is 1. The number of nitrogens with zero attached hydrogens (tertiary/aromatic N) is 3. The van der Waals surface area contributed by atoms with E-state index in [0.29, 0.717) is 22.4 Å². The van der Waals surface area contributed by atoms with E-state index < -0.39 is 10.8 Å². The molecule has 0 aliphatic carbocycles. The lowest BCUT2D eigenvalue weighted by molar-refractivity contribution is -0.385. The van der Waals surface area contributed by atoms with Crippen LogP contribution in [0.25, 0.3) is 0 Å². The van der Waals surface area contributed by atoms with Gasteiger partial charge in [-0.3, -0.25) is 14.9 Å². The number of carbonyl (C=O) groups excluding carboxylic acids is 1. The van der Waals surface area contributed by atoms with Gasteiger partial charge in [0.25, 0.3) is 11.6 Å². The highest BCUT2D eigenvalue weighted by atomic mass is 16.6. The molecule has 1 N–H and O–H groups in total. The van der Waals surface area contributed by atoms with E-state index in [1.807, 2.05) is 6.07 Å². The van der Waals surface area contributed by atoms with Crippen molar-refractivity contribution < 1.29 is 14.5 Å². The van der Waals surface area contributed by atoms with Crippen molar-refractivity contribution in [3.8, 4) is 11.8 Å². The van der Waals surface area contributed by atoms with E-state index in [0.717, 1.165) is 0 Å². The minimum atomic E-state index is -0.523. The number of nitro groups is 1. The van der Waals surface area contributed by atoms with Crippen molar-refractivity contribution in [2.45, 2.75) is 6.92 Å². The lowest BCUT2D eigenvalue weighted by Crippen LogP contribution is -2.24. The molecule has 0 heterocycles. The molecule has 0 fully saturated rings. The molecule has 0 aliphatic heterocycles. The molecule has 0 radical (unpaired) electrons. The fraction of sp³-hybridized carbons (Fsp3) is 0.118. The summed E-state index contributed by atoms with van der Waals surface area (Å²) in [6, 6.07) is 13.1. The van der Waals surface area contributed by atoms with Crippen LogP contribution in [0.15, 0.2) is 47.6 Å². The number of hydrazone groups is 1. The largest absolute Gasteiger partial charge is 0.482 e. The Morgan fingerprint density at radius 3 is 2.88 bits per heavy atom. The first-order valence-electron chi connectivity index (χ1n) is 7.20. The maximum absolute atomic E-state index is 11.7. The summed E-state index contributed by atoms with van der Waals surface area (Å²) in [4.78, 5) is 22.1. The summed E-state index contributed by atoms with van der Waals surface area (Å²) in [5.41, 5.74) is 3.58. The van der Waals surface area contributed by atoms with Crippen LogP contribution < -0.4 is 10.2 Å². The number of rotatable bonds is 6. The second-order valence-corrected chi connectivity index (χ2v) is 4.99. The summed E-state index contributed by atoms with van der Waals surface area (Å²) in [6.07, 6.45) is 1.30. The van der Waals surface area contributed by atoms with Crippen LogP contribution >= 0.6 is 0 Å².